The monoisotopic (exact) mass is 504 g/mol. The van der Waals surface area contributed by atoms with Gasteiger partial charge in [0.1, 0.15) is 11.4 Å². The van der Waals surface area contributed by atoms with Gasteiger partial charge in [-0.1, -0.05) is 66.9 Å². The number of alkyl carbamates (subject to hydrolysis) is 1. The van der Waals surface area contributed by atoms with Crippen LogP contribution in [0.2, 0.25) is 10.0 Å². The van der Waals surface area contributed by atoms with Gasteiger partial charge in [-0.3, -0.25) is 4.79 Å². The molecule has 0 aliphatic carbocycles. The molecule has 0 atom stereocenters. The summed E-state index contributed by atoms with van der Waals surface area (Å²) >= 11 is 12.6. The Balaban J connectivity index is 2.18. The first kappa shape index (κ1) is 25.9. The molecule has 3 rings (SSSR count). The molecule has 1 heterocycles. The molecule has 8 heteroatoms. The van der Waals surface area contributed by atoms with Crippen molar-refractivity contribution in [3.63, 3.8) is 0 Å². The topological polar surface area (TPSA) is 69.6 Å². The number of benzene rings is 2. The molecular formula is C26H30Cl2N2O4. The third kappa shape index (κ3) is 6.45. The van der Waals surface area contributed by atoms with Gasteiger partial charge in [0.05, 0.1) is 40.8 Å². The van der Waals surface area contributed by atoms with E-state index in [0.29, 0.717) is 40.4 Å². The fraction of sp³-hybridized carbons (Fsp3) is 0.385. The molecule has 0 fully saturated rings. The summed E-state index contributed by atoms with van der Waals surface area (Å²) in [6.07, 6.45) is 1.19. The molecule has 3 aromatic rings. The normalized spacial score (nSPS) is 11.5. The van der Waals surface area contributed by atoms with Crippen molar-refractivity contribution in [2.45, 2.75) is 59.2 Å². The number of carbonyl (C=O) groups is 1. The summed E-state index contributed by atoms with van der Waals surface area (Å²) in [6, 6.07) is 12.8. The van der Waals surface area contributed by atoms with Crippen LogP contribution in [0.4, 0.5) is 4.79 Å². The van der Waals surface area contributed by atoms with Crippen LogP contribution in [-0.2, 0) is 17.8 Å². The number of rotatable bonds is 8. The van der Waals surface area contributed by atoms with Crippen molar-refractivity contribution in [1.82, 2.24) is 9.88 Å². The Morgan fingerprint density at radius 1 is 1.06 bits per heavy atom. The molecule has 1 amide bonds. The van der Waals surface area contributed by atoms with Crippen LogP contribution in [0.3, 0.4) is 0 Å². The number of amides is 1. The first-order valence-corrected chi connectivity index (χ1v) is 12.0. The number of ether oxygens (including phenoxy) is 2. The summed E-state index contributed by atoms with van der Waals surface area (Å²) in [4.78, 5) is 26.1. The number of carbonyl (C=O) groups excluding carboxylic acids is 1. The molecule has 6 nitrogen and oxygen atoms in total. The van der Waals surface area contributed by atoms with Crippen LogP contribution in [0.15, 0.2) is 47.3 Å². The highest BCUT2D eigenvalue weighted by Crippen LogP contribution is 2.34. The van der Waals surface area contributed by atoms with Crippen molar-refractivity contribution >= 4 is 40.1 Å². The molecule has 0 spiro atoms. The van der Waals surface area contributed by atoms with Crippen molar-refractivity contribution < 1.29 is 14.3 Å². The van der Waals surface area contributed by atoms with E-state index in [4.69, 9.17) is 32.7 Å². The predicted molar refractivity (Wildman–Crippen MR) is 137 cm³/mol. The number of nitrogens with one attached hydrogen (secondary N) is 1. The molecule has 0 radical (unpaired) electrons. The van der Waals surface area contributed by atoms with E-state index < -0.39 is 11.7 Å². The molecule has 0 saturated heterocycles. The lowest BCUT2D eigenvalue weighted by Crippen LogP contribution is -2.34. The molecule has 0 saturated carbocycles. The Hall–Kier alpha value is -2.70. The summed E-state index contributed by atoms with van der Waals surface area (Å²) < 4.78 is 13.2. The van der Waals surface area contributed by atoms with Gasteiger partial charge in [-0.05, 0) is 44.9 Å². The van der Waals surface area contributed by atoms with Gasteiger partial charge in [0.2, 0.25) is 0 Å². The van der Waals surface area contributed by atoms with E-state index in [-0.39, 0.29) is 17.1 Å². The van der Waals surface area contributed by atoms with E-state index in [1.807, 2.05) is 30.3 Å². The average Bonchev–Trinajstić information content (AvgIpc) is 2.77. The summed E-state index contributed by atoms with van der Waals surface area (Å²) in [7, 11) is 0. The Morgan fingerprint density at radius 3 is 2.32 bits per heavy atom. The fourth-order valence-electron chi connectivity index (χ4n) is 3.52. The molecular weight excluding hydrogens is 475 g/mol. The highest BCUT2D eigenvalue weighted by molar-refractivity contribution is 6.42. The summed E-state index contributed by atoms with van der Waals surface area (Å²) in [6.45, 7) is 8.23. The van der Waals surface area contributed by atoms with Crippen LogP contribution in [0.25, 0.3) is 10.8 Å². The van der Waals surface area contributed by atoms with Gasteiger partial charge in [0.15, 0.2) is 0 Å². The minimum Gasteiger partial charge on any atom is -0.491 e. The fourth-order valence-corrected chi connectivity index (χ4v) is 3.84. The first-order valence-electron chi connectivity index (χ1n) is 11.3. The molecule has 1 N–H and O–H groups in total. The Morgan fingerprint density at radius 2 is 1.71 bits per heavy atom. The highest BCUT2D eigenvalue weighted by atomic mass is 35.5. The Labute approximate surface area is 209 Å². The summed E-state index contributed by atoms with van der Waals surface area (Å²) in [5.74, 6) is 0.494. The predicted octanol–water partition coefficient (Wildman–Crippen LogP) is 6.56. The van der Waals surface area contributed by atoms with Crippen LogP contribution in [0.5, 0.6) is 5.75 Å². The number of unbranched alkanes of at least 4 members (excludes halogenated alkanes) is 1. The van der Waals surface area contributed by atoms with Gasteiger partial charge >= 0.3 is 6.09 Å². The largest absolute Gasteiger partial charge is 0.491 e. The van der Waals surface area contributed by atoms with Gasteiger partial charge in [-0.25, -0.2) is 4.79 Å². The quantitative estimate of drug-likeness (QED) is 0.352. The lowest BCUT2D eigenvalue weighted by atomic mass is 10.1. The standard InChI is InChI=1S/C26H30Cl2N2O4/c1-5-6-12-33-23-18-13-20(27)21(28)14-19(18)24(31)30(16-17-10-8-7-9-11-17)22(23)15-29-25(32)34-26(2,3)4/h7-11,13-14H,5-6,12,15-16H2,1-4H3,(H,29,32). The Bertz CT molecular complexity index is 1220. The average molecular weight is 505 g/mol. The van der Waals surface area contributed by atoms with E-state index in [2.05, 4.69) is 12.2 Å². The maximum absolute atomic E-state index is 13.6. The van der Waals surface area contributed by atoms with Crippen molar-refractivity contribution in [2.75, 3.05) is 6.61 Å². The maximum atomic E-state index is 13.6. The second kappa shape index (κ2) is 11.2. The van der Waals surface area contributed by atoms with Crippen LogP contribution in [-0.4, -0.2) is 22.9 Å². The zero-order valence-electron chi connectivity index (χ0n) is 19.9. The van der Waals surface area contributed by atoms with Gasteiger partial charge in [-0.15, -0.1) is 0 Å². The Kier molecular flexibility index (Phi) is 8.50. The molecule has 182 valence electrons. The van der Waals surface area contributed by atoms with Crippen molar-refractivity contribution in [2.24, 2.45) is 0 Å². The zero-order chi connectivity index (χ0) is 24.9. The molecule has 0 unspecified atom stereocenters. The lowest BCUT2D eigenvalue weighted by Gasteiger charge is -2.23. The van der Waals surface area contributed by atoms with E-state index in [9.17, 15) is 9.59 Å². The number of halogens is 2. The lowest BCUT2D eigenvalue weighted by molar-refractivity contribution is 0.0522. The molecule has 34 heavy (non-hydrogen) atoms. The van der Waals surface area contributed by atoms with E-state index in [1.54, 1.807) is 37.5 Å². The number of aromatic nitrogens is 1. The third-order valence-corrected chi connectivity index (χ3v) is 5.82. The minimum absolute atomic E-state index is 0.0363. The first-order chi connectivity index (χ1) is 16.1. The van der Waals surface area contributed by atoms with E-state index in [0.717, 1.165) is 18.4 Å². The van der Waals surface area contributed by atoms with E-state index >= 15 is 0 Å². The van der Waals surface area contributed by atoms with Crippen LogP contribution >= 0.6 is 23.2 Å². The minimum atomic E-state index is -0.651. The maximum Gasteiger partial charge on any atom is 0.407 e. The van der Waals surface area contributed by atoms with Crippen LogP contribution < -0.4 is 15.6 Å². The number of pyridine rings is 1. The van der Waals surface area contributed by atoms with Crippen molar-refractivity contribution in [3.8, 4) is 5.75 Å². The smallest absolute Gasteiger partial charge is 0.407 e. The summed E-state index contributed by atoms with van der Waals surface area (Å²) in [5.41, 5.74) is 0.562. The third-order valence-electron chi connectivity index (χ3n) is 5.10. The zero-order valence-corrected chi connectivity index (χ0v) is 21.4. The van der Waals surface area contributed by atoms with Crippen LogP contribution in [0.1, 0.15) is 51.8 Å². The van der Waals surface area contributed by atoms with Gasteiger partial charge < -0.3 is 19.4 Å². The molecule has 1 aromatic heterocycles. The molecule has 2 aromatic carbocycles. The van der Waals surface area contributed by atoms with Gasteiger partial charge in [0.25, 0.3) is 5.56 Å². The van der Waals surface area contributed by atoms with Crippen molar-refractivity contribution in [3.05, 3.63) is 74.1 Å². The number of hydrogen-bond acceptors (Lipinski definition) is 4. The highest BCUT2D eigenvalue weighted by Gasteiger charge is 2.22. The summed E-state index contributed by atoms with van der Waals surface area (Å²) in [5, 5.41) is 4.34. The molecule has 0 bridgehead atoms. The SMILES string of the molecule is CCCCOc1c(CNC(=O)OC(C)(C)C)n(Cc2ccccc2)c(=O)c2cc(Cl)c(Cl)cc12. The second-order valence-corrected chi connectivity index (χ2v) is 9.84. The van der Waals surface area contributed by atoms with Crippen LogP contribution in [0, 0.1) is 0 Å². The van der Waals surface area contributed by atoms with Gasteiger partial charge in [0, 0.05) is 5.39 Å². The van der Waals surface area contributed by atoms with E-state index in [1.165, 1.54) is 0 Å². The van der Waals surface area contributed by atoms with Crippen molar-refractivity contribution in [1.29, 1.82) is 0 Å². The molecule has 0 aliphatic heterocycles. The molecule has 0 aliphatic rings. The number of hydrogen-bond donors (Lipinski definition) is 1. The van der Waals surface area contributed by atoms with Gasteiger partial charge in [-0.2, -0.15) is 0 Å². The number of fused-ring (bicyclic) bond motifs is 1. The number of nitrogens with zero attached hydrogens (tertiary/aromatic N) is 1. The second-order valence-electron chi connectivity index (χ2n) is 9.02.